The molecule has 0 saturated heterocycles. The van der Waals surface area contributed by atoms with Crippen LogP contribution in [0.15, 0.2) is 53.2 Å². The lowest BCUT2D eigenvalue weighted by molar-refractivity contribution is 0.104. The molecule has 0 unspecified atom stereocenters. The van der Waals surface area contributed by atoms with Gasteiger partial charge in [0.15, 0.2) is 5.78 Å². The molecule has 0 bridgehead atoms. The monoisotopic (exact) mass is 214 g/mol. The van der Waals surface area contributed by atoms with Gasteiger partial charge in [-0.1, -0.05) is 36.4 Å². The zero-order valence-corrected chi connectivity index (χ0v) is 8.91. The summed E-state index contributed by atoms with van der Waals surface area (Å²) < 4.78 is 0. The minimum Gasteiger partial charge on any atom is -0.289 e. The van der Waals surface area contributed by atoms with E-state index in [4.69, 9.17) is 0 Å². The molecule has 0 aliphatic rings. The van der Waals surface area contributed by atoms with Gasteiger partial charge in [0, 0.05) is 5.56 Å². The summed E-state index contributed by atoms with van der Waals surface area (Å²) in [6.07, 6.45) is 3.45. The van der Waals surface area contributed by atoms with Crippen molar-refractivity contribution in [2.45, 2.75) is 0 Å². The summed E-state index contributed by atoms with van der Waals surface area (Å²) in [7, 11) is 0. The lowest BCUT2D eigenvalue weighted by Crippen LogP contribution is -1.92. The van der Waals surface area contributed by atoms with E-state index < -0.39 is 0 Å². The van der Waals surface area contributed by atoms with E-state index in [9.17, 15) is 4.79 Å². The SMILES string of the molecule is O=C(/C=C\c1ccsc1)c1ccccc1. The molecule has 1 aromatic heterocycles. The molecular weight excluding hydrogens is 204 g/mol. The lowest BCUT2D eigenvalue weighted by Gasteiger charge is -1.92. The van der Waals surface area contributed by atoms with E-state index >= 15 is 0 Å². The number of ketones is 1. The first-order valence-electron chi connectivity index (χ1n) is 4.66. The summed E-state index contributed by atoms with van der Waals surface area (Å²) in [4.78, 5) is 11.7. The number of carbonyl (C=O) groups excluding carboxylic acids is 1. The van der Waals surface area contributed by atoms with Crippen LogP contribution >= 0.6 is 11.3 Å². The van der Waals surface area contributed by atoms with Crippen molar-refractivity contribution < 1.29 is 4.79 Å². The number of hydrogen-bond acceptors (Lipinski definition) is 2. The second kappa shape index (κ2) is 4.71. The van der Waals surface area contributed by atoms with Crippen molar-refractivity contribution in [3.63, 3.8) is 0 Å². The molecule has 1 aromatic carbocycles. The second-order valence-corrected chi connectivity index (χ2v) is 3.90. The third-order valence-electron chi connectivity index (χ3n) is 2.03. The zero-order valence-electron chi connectivity index (χ0n) is 8.09. The van der Waals surface area contributed by atoms with Crippen LogP contribution < -0.4 is 0 Å². The van der Waals surface area contributed by atoms with Crippen LogP contribution in [0.4, 0.5) is 0 Å². The Morgan fingerprint density at radius 1 is 1.13 bits per heavy atom. The molecule has 15 heavy (non-hydrogen) atoms. The van der Waals surface area contributed by atoms with Crippen LogP contribution in [0.3, 0.4) is 0 Å². The van der Waals surface area contributed by atoms with E-state index in [-0.39, 0.29) is 5.78 Å². The predicted molar refractivity (Wildman–Crippen MR) is 64.1 cm³/mol. The minimum absolute atomic E-state index is 0.0433. The summed E-state index contributed by atoms with van der Waals surface area (Å²) in [6.45, 7) is 0. The fourth-order valence-electron chi connectivity index (χ4n) is 1.24. The highest BCUT2D eigenvalue weighted by molar-refractivity contribution is 7.08. The number of benzene rings is 1. The molecule has 0 fully saturated rings. The van der Waals surface area contributed by atoms with E-state index in [1.54, 1.807) is 17.4 Å². The Hall–Kier alpha value is -1.67. The molecule has 2 rings (SSSR count). The first-order chi connectivity index (χ1) is 7.36. The fraction of sp³-hybridized carbons (Fsp3) is 0. The average molecular weight is 214 g/mol. The Balaban J connectivity index is 2.11. The first kappa shape index (κ1) is 9.87. The molecule has 1 heterocycles. The van der Waals surface area contributed by atoms with E-state index in [0.717, 1.165) is 11.1 Å². The molecule has 0 radical (unpaired) electrons. The third kappa shape index (κ3) is 2.64. The summed E-state index contributed by atoms with van der Waals surface area (Å²) in [5.41, 5.74) is 1.80. The quantitative estimate of drug-likeness (QED) is 0.563. The number of carbonyl (C=O) groups is 1. The van der Waals surface area contributed by atoms with Gasteiger partial charge in [-0.05, 0) is 28.5 Å². The van der Waals surface area contributed by atoms with E-state index in [1.165, 1.54) is 0 Å². The van der Waals surface area contributed by atoms with Crippen molar-refractivity contribution in [2.75, 3.05) is 0 Å². The van der Waals surface area contributed by atoms with Gasteiger partial charge in [-0.2, -0.15) is 11.3 Å². The van der Waals surface area contributed by atoms with Crippen molar-refractivity contribution in [1.29, 1.82) is 0 Å². The molecular formula is C13H10OS. The number of rotatable bonds is 3. The van der Waals surface area contributed by atoms with Crippen LogP contribution in [-0.2, 0) is 0 Å². The summed E-state index contributed by atoms with van der Waals surface area (Å²) in [6, 6.07) is 11.3. The van der Waals surface area contributed by atoms with Gasteiger partial charge in [-0.15, -0.1) is 0 Å². The molecule has 0 spiro atoms. The van der Waals surface area contributed by atoms with Crippen molar-refractivity contribution in [3.8, 4) is 0 Å². The largest absolute Gasteiger partial charge is 0.289 e. The molecule has 0 aliphatic carbocycles. The second-order valence-electron chi connectivity index (χ2n) is 3.12. The van der Waals surface area contributed by atoms with Gasteiger partial charge in [0.2, 0.25) is 0 Å². The molecule has 2 heteroatoms. The minimum atomic E-state index is 0.0433. The van der Waals surface area contributed by atoms with Crippen LogP contribution in [0, 0.1) is 0 Å². The molecule has 0 saturated carbocycles. The predicted octanol–water partition coefficient (Wildman–Crippen LogP) is 3.64. The van der Waals surface area contributed by atoms with Gasteiger partial charge >= 0.3 is 0 Å². The molecule has 2 aromatic rings. The van der Waals surface area contributed by atoms with Crippen LogP contribution in [-0.4, -0.2) is 5.78 Å². The lowest BCUT2D eigenvalue weighted by atomic mass is 10.1. The smallest absolute Gasteiger partial charge is 0.185 e. The standard InChI is InChI=1S/C13H10OS/c14-13(12-4-2-1-3-5-12)7-6-11-8-9-15-10-11/h1-10H/b7-6-. The number of allylic oxidation sites excluding steroid dienone is 1. The molecule has 0 N–H and O–H groups in total. The highest BCUT2D eigenvalue weighted by atomic mass is 32.1. The number of thiophene rings is 1. The summed E-state index contributed by atoms with van der Waals surface area (Å²) in [5, 5.41) is 4.00. The van der Waals surface area contributed by atoms with Gasteiger partial charge < -0.3 is 0 Å². The average Bonchev–Trinajstić information content (AvgIpc) is 2.80. The summed E-state index contributed by atoms with van der Waals surface area (Å²) in [5.74, 6) is 0.0433. The van der Waals surface area contributed by atoms with E-state index in [0.29, 0.717) is 0 Å². The van der Waals surface area contributed by atoms with Crippen LogP contribution in [0.25, 0.3) is 6.08 Å². The third-order valence-corrected chi connectivity index (χ3v) is 2.73. The van der Waals surface area contributed by atoms with Gasteiger partial charge in [0.25, 0.3) is 0 Å². The number of hydrogen-bond donors (Lipinski definition) is 0. The molecule has 1 nitrogen and oxygen atoms in total. The van der Waals surface area contributed by atoms with E-state index in [2.05, 4.69) is 0 Å². The molecule has 0 aliphatic heterocycles. The van der Waals surface area contributed by atoms with Crippen molar-refractivity contribution in [3.05, 3.63) is 64.4 Å². The van der Waals surface area contributed by atoms with Crippen molar-refractivity contribution in [2.24, 2.45) is 0 Å². The molecule has 74 valence electrons. The molecule has 0 amide bonds. The Bertz CT molecular complexity index is 455. The first-order valence-corrected chi connectivity index (χ1v) is 5.60. The Kier molecular flexibility index (Phi) is 3.10. The Morgan fingerprint density at radius 3 is 2.60 bits per heavy atom. The summed E-state index contributed by atoms with van der Waals surface area (Å²) >= 11 is 1.62. The van der Waals surface area contributed by atoms with Crippen molar-refractivity contribution >= 4 is 23.2 Å². The van der Waals surface area contributed by atoms with Crippen LogP contribution in [0.1, 0.15) is 15.9 Å². The molecule has 0 atom stereocenters. The van der Waals surface area contributed by atoms with E-state index in [1.807, 2.05) is 53.2 Å². The zero-order chi connectivity index (χ0) is 10.5. The van der Waals surface area contributed by atoms with Gasteiger partial charge in [-0.3, -0.25) is 4.79 Å². The Morgan fingerprint density at radius 2 is 1.93 bits per heavy atom. The maximum absolute atomic E-state index is 11.7. The highest BCUT2D eigenvalue weighted by Crippen LogP contribution is 2.09. The Labute approximate surface area is 92.7 Å². The van der Waals surface area contributed by atoms with Crippen LogP contribution in [0.5, 0.6) is 0 Å². The highest BCUT2D eigenvalue weighted by Gasteiger charge is 1.98. The van der Waals surface area contributed by atoms with Gasteiger partial charge in [0.1, 0.15) is 0 Å². The fourth-order valence-corrected chi connectivity index (χ4v) is 1.87. The van der Waals surface area contributed by atoms with Gasteiger partial charge in [-0.25, -0.2) is 0 Å². The van der Waals surface area contributed by atoms with Gasteiger partial charge in [0.05, 0.1) is 0 Å². The topological polar surface area (TPSA) is 17.1 Å². The van der Waals surface area contributed by atoms with Crippen molar-refractivity contribution in [1.82, 2.24) is 0 Å². The normalized spacial score (nSPS) is 10.7. The maximum Gasteiger partial charge on any atom is 0.185 e. The van der Waals surface area contributed by atoms with Crippen LogP contribution in [0.2, 0.25) is 0 Å². The maximum atomic E-state index is 11.7.